The Bertz CT molecular complexity index is 490. The lowest BCUT2D eigenvalue weighted by atomic mass is 10.0. The van der Waals surface area contributed by atoms with Crippen LogP contribution >= 0.6 is 11.6 Å². The summed E-state index contributed by atoms with van der Waals surface area (Å²) in [6, 6.07) is 7.18. The average molecular weight is 237 g/mol. The first-order chi connectivity index (χ1) is 7.59. The fourth-order valence-corrected chi connectivity index (χ4v) is 1.73. The van der Waals surface area contributed by atoms with Gasteiger partial charge >= 0.3 is 0 Å². The molecule has 1 unspecified atom stereocenters. The van der Waals surface area contributed by atoms with Crippen LogP contribution in [0, 0.1) is 6.92 Å². The molecule has 0 aliphatic heterocycles. The van der Waals surface area contributed by atoms with E-state index in [0.717, 1.165) is 16.8 Å². The zero-order valence-corrected chi connectivity index (χ0v) is 9.94. The van der Waals surface area contributed by atoms with E-state index in [9.17, 15) is 5.11 Å². The standard InChI is InChI=1S/C12H13ClN2O/c1-8-11(7-14-15(8)2)12(16)9-3-5-10(13)6-4-9/h3-7,12,16H,1-2H3. The smallest absolute Gasteiger partial charge is 0.107 e. The van der Waals surface area contributed by atoms with Crippen molar-refractivity contribution in [1.29, 1.82) is 0 Å². The van der Waals surface area contributed by atoms with E-state index in [2.05, 4.69) is 5.10 Å². The second kappa shape index (κ2) is 4.28. The number of benzene rings is 1. The molecule has 0 aliphatic rings. The summed E-state index contributed by atoms with van der Waals surface area (Å²) in [5.41, 5.74) is 2.60. The average Bonchev–Trinajstić information content (AvgIpc) is 2.60. The number of nitrogens with zero attached hydrogens (tertiary/aromatic N) is 2. The number of halogens is 1. The Morgan fingerprint density at radius 3 is 2.44 bits per heavy atom. The Kier molecular flexibility index (Phi) is 2.99. The Morgan fingerprint density at radius 2 is 1.94 bits per heavy atom. The predicted molar refractivity (Wildman–Crippen MR) is 63.5 cm³/mol. The number of aryl methyl sites for hydroxylation is 1. The number of hydrogen-bond donors (Lipinski definition) is 1. The molecule has 1 heterocycles. The molecule has 84 valence electrons. The highest BCUT2D eigenvalue weighted by atomic mass is 35.5. The van der Waals surface area contributed by atoms with Gasteiger partial charge < -0.3 is 5.11 Å². The molecule has 2 rings (SSSR count). The summed E-state index contributed by atoms with van der Waals surface area (Å²) < 4.78 is 1.74. The van der Waals surface area contributed by atoms with Crippen molar-refractivity contribution in [3.05, 3.63) is 52.3 Å². The fraction of sp³-hybridized carbons (Fsp3) is 0.250. The molecule has 16 heavy (non-hydrogen) atoms. The molecule has 0 bridgehead atoms. The quantitative estimate of drug-likeness (QED) is 0.870. The lowest BCUT2D eigenvalue weighted by molar-refractivity contribution is 0.219. The molecular formula is C12H13ClN2O. The van der Waals surface area contributed by atoms with Gasteiger partial charge in [0.05, 0.1) is 6.20 Å². The highest BCUT2D eigenvalue weighted by molar-refractivity contribution is 6.30. The van der Waals surface area contributed by atoms with Gasteiger partial charge in [0.25, 0.3) is 0 Å². The number of hydrogen-bond acceptors (Lipinski definition) is 2. The SMILES string of the molecule is Cc1c(C(O)c2ccc(Cl)cc2)cnn1C. The molecule has 0 fully saturated rings. The second-order valence-electron chi connectivity index (χ2n) is 3.76. The number of aromatic nitrogens is 2. The molecule has 0 spiro atoms. The van der Waals surface area contributed by atoms with Crippen molar-refractivity contribution in [2.75, 3.05) is 0 Å². The van der Waals surface area contributed by atoms with E-state index in [-0.39, 0.29) is 0 Å². The highest BCUT2D eigenvalue weighted by Gasteiger charge is 2.15. The van der Waals surface area contributed by atoms with E-state index in [1.54, 1.807) is 23.0 Å². The summed E-state index contributed by atoms with van der Waals surface area (Å²) in [6.07, 6.45) is 1.04. The summed E-state index contributed by atoms with van der Waals surface area (Å²) in [5.74, 6) is 0. The lowest BCUT2D eigenvalue weighted by Gasteiger charge is -2.10. The van der Waals surface area contributed by atoms with Crippen LogP contribution in [0.1, 0.15) is 22.9 Å². The normalized spacial score (nSPS) is 12.8. The van der Waals surface area contributed by atoms with Gasteiger partial charge in [-0.2, -0.15) is 5.10 Å². The van der Waals surface area contributed by atoms with Gasteiger partial charge in [0, 0.05) is 23.3 Å². The first kappa shape index (κ1) is 11.2. The second-order valence-corrected chi connectivity index (χ2v) is 4.20. The van der Waals surface area contributed by atoms with E-state index < -0.39 is 6.10 Å². The van der Waals surface area contributed by atoms with Crippen molar-refractivity contribution in [1.82, 2.24) is 9.78 Å². The monoisotopic (exact) mass is 236 g/mol. The first-order valence-electron chi connectivity index (χ1n) is 5.01. The molecule has 0 saturated heterocycles. The van der Waals surface area contributed by atoms with Crippen LogP contribution < -0.4 is 0 Å². The van der Waals surface area contributed by atoms with Crippen LogP contribution in [-0.2, 0) is 7.05 Å². The maximum atomic E-state index is 10.2. The Hall–Kier alpha value is -1.32. The van der Waals surface area contributed by atoms with Gasteiger partial charge in [-0.05, 0) is 24.6 Å². The minimum absolute atomic E-state index is 0.647. The van der Waals surface area contributed by atoms with Crippen LogP contribution in [0.4, 0.5) is 0 Å². The Balaban J connectivity index is 2.35. The van der Waals surface area contributed by atoms with Gasteiger partial charge in [-0.25, -0.2) is 0 Å². The predicted octanol–water partition coefficient (Wildman–Crippen LogP) is 2.46. The molecular weight excluding hydrogens is 224 g/mol. The van der Waals surface area contributed by atoms with Crippen molar-refractivity contribution in [2.45, 2.75) is 13.0 Å². The fourth-order valence-electron chi connectivity index (χ4n) is 1.61. The summed E-state index contributed by atoms with van der Waals surface area (Å²) in [5, 5.41) is 15.0. The molecule has 1 aromatic heterocycles. The van der Waals surface area contributed by atoms with Gasteiger partial charge in [-0.3, -0.25) is 4.68 Å². The molecule has 1 N–H and O–H groups in total. The van der Waals surface area contributed by atoms with E-state index in [1.807, 2.05) is 26.1 Å². The van der Waals surface area contributed by atoms with Crippen molar-refractivity contribution in [3.8, 4) is 0 Å². The topological polar surface area (TPSA) is 38.1 Å². The van der Waals surface area contributed by atoms with Crippen molar-refractivity contribution >= 4 is 11.6 Å². The third-order valence-corrected chi connectivity index (χ3v) is 3.01. The maximum absolute atomic E-state index is 10.2. The van der Waals surface area contributed by atoms with E-state index in [1.165, 1.54) is 0 Å². The van der Waals surface area contributed by atoms with Crippen molar-refractivity contribution in [2.24, 2.45) is 7.05 Å². The molecule has 4 heteroatoms. The van der Waals surface area contributed by atoms with E-state index >= 15 is 0 Å². The summed E-state index contributed by atoms with van der Waals surface area (Å²) in [4.78, 5) is 0. The van der Waals surface area contributed by atoms with Crippen LogP contribution in [0.25, 0.3) is 0 Å². The highest BCUT2D eigenvalue weighted by Crippen LogP contribution is 2.25. The van der Waals surface area contributed by atoms with Gasteiger partial charge in [0.15, 0.2) is 0 Å². The lowest BCUT2D eigenvalue weighted by Crippen LogP contribution is -2.01. The van der Waals surface area contributed by atoms with Crippen LogP contribution in [0.15, 0.2) is 30.5 Å². The minimum atomic E-state index is -0.647. The zero-order valence-electron chi connectivity index (χ0n) is 9.18. The molecule has 0 amide bonds. The van der Waals surface area contributed by atoms with Gasteiger partial charge in [0.1, 0.15) is 6.10 Å². The number of aliphatic hydroxyl groups is 1. The largest absolute Gasteiger partial charge is 0.384 e. The molecule has 2 aromatic rings. The Morgan fingerprint density at radius 1 is 1.31 bits per heavy atom. The molecule has 3 nitrogen and oxygen atoms in total. The van der Waals surface area contributed by atoms with Gasteiger partial charge in [-0.1, -0.05) is 23.7 Å². The third kappa shape index (κ3) is 1.96. The van der Waals surface area contributed by atoms with E-state index in [0.29, 0.717) is 5.02 Å². The van der Waals surface area contributed by atoms with Crippen LogP contribution in [0.5, 0.6) is 0 Å². The number of aliphatic hydroxyl groups excluding tert-OH is 1. The maximum Gasteiger partial charge on any atom is 0.107 e. The van der Waals surface area contributed by atoms with E-state index in [4.69, 9.17) is 11.6 Å². The minimum Gasteiger partial charge on any atom is -0.384 e. The third-order valence-electron chi connectivity index (χ3n) is 2.75. The van der Waals surface area contributed by atoms with Gasteiger partial charge in [-0.15, -0.1) is 0 Å². The molecule has 1 aromatic carbocycles. The van der Waals surface area contributed by atoms with Crippen molar-refractivity contribution in [3.63, 3.8) is 0 Å². The molecule has 0 radical (unpaired) electrons. The van der Waals surface area contributed by atoms with Crippen LogP contribution in [0.3, 0.4) is 0 Å². The molecule has 0 saturated carbocycles. The molecule has 0 aliphatic carbocycles. The number of rotatable bonds is 2. The van der Waals surface area contributed by atoms with Crippen LogP contribution in [-0.4, -0.2) is 14.9 Å². The summed E-state index contributed by atoms with van der Waals surface area (Å²) in [6.45, 7) is 1.93. The van der Waals surface area contributed by atoms with Gasteiger partial charge in [0.2, 0.25) is 0 Å². The Labute approximate surface area is 99.3 Å². The molecule has 1 atom stereocenters. The van der Waals surface area contributed by atoms with Crippen LogP contribution in [0.2, 0.25) is 5.02 Å². The summed E-state index contributed by atoms with van der Waals surface area (Å²) >= 11 is 5.80. The summed E-state index contributed by atoms with van der Waals surface area (Å²) in [7, 11) is 1.85. The van der Waals surface area contributed by atoms with Crippen molar-refractivity contribution < 1.29 is 5.11 Å². The first-order valence-corrected chi connectivity index (χ1v) is 5.39. The zero-order chi connectivity index (χ0) is 11.7.